The standard InChI is InChI=1S/C12H11F3O6S/c13-12(14,15)22(18,19)21-8-2-3-9-7(1-4-11(16)17)6-20-10(9)5-8/h2-3,5,7H,1,4,6H2,(H,16,17)/t7-/m0/s1. The fraction of sp³-hybridized carbons (Fsp3) is 0.417. The monoisotopic (exact) mass is 340 g/mol. The van der Waals surface area contributed by atoms with Gasteiger partial charge in [0.15, 0.2) is 0 Å². The molecule has 1 aromatic carbocycles. The number of rotatable bonds is 5. The van der Waals surface area contributed by atoms with Gasteiger partial charge >= 0.3 is 21.6 Å². The zero-order chi connectivity index (χ0) is 16.5. The molecule has 22 heavy (non-hydrogen) atoms. The van der Waals surface area contributed by atoms with E-state index < -0.39 is 27.3 Å². The van der Waals surface area contributed by atoms with E-state index >= 15 is 0 Å². The van der Waals surface area contributed by atoms with Crippen molar-refractivity contribution in [3.05, 3.63) is 23.8 Å². The van der Waals surface area contributed by atoms with Crippen molar-refractivity contribution in [2.75, 3.05) is 6.61 Å². The first-order valence-electron chi connectivity index (χ1n) is 6.09. The summed E-state index contributed by atoms with van der Waals surface area (Å²) in [5, 5.41) is 8.64. The molecule has 0 unspecified atom stereocenters. The van der Waals surface area contributed by atoms with Crippen LogP contribution in [0.25, 0.3) is 0 Å². The Labute approximate surface area is 123 Å². The van der Waals surface area contributed by atoms with E-state index in [2.05, 4.69) is 4.18 Å². The van der Waals surface area contributed by atoms with Gasteiger partial charge < -0.3 is 14.0 Å². The topological polar surface area (TPSA) is 89.9 Å². The van der Waals surface area contributed by atoms with Crippen LogP contribution in [0.5, 0.6) is 11.5 Å². The largest absolute Gasteiger partial charge is 0.534 e. The first-order chi connectivity index (χ1) is 10.1. The van der Waals surface area contributed by atoms with Crippen LogP contribution in [0, 0.1) is 0 Å². The molecule has 10 heteroatoms. The second-order valence-electron chi connectivity index (χ2n) is 4.62. The van der Waals surface area contributed by atoms with E-state index in [1.54, 1.807) is 0 Å². The molecule has 1 aliphatic rings. The fourth-order valence-corrected chi connectivity index (χ4v) is 2.47. The Morgan fingerprint density at radius 3 is 2.68 bits per heavy atom. The Hall–Kier alpha value is -1.97. The Morgan fingerprint density at radius 1 is 1.41 bits per heavy atom. The van der Waals surface area contributed by atoms with E-state index in [9.17, 15) is 26.4 Å². The van der Waals surface area contributed by atoms with Crippen molar-refractivity contribution in [3.63, 3.8) is 0 Å². The van der Waals surface area contributed by atoms with Gasteiger partial charge in [0.25, 0.3) is 0 Å². The molecule has 0 aliphatic carbocycles. The predicted octanol–water partition coefficient (Wildman–Crippen LogP) is 2.26. The smallest absolute Gasteiger partial charge is 0.493 e. The first kappa shape index (κ1) is 16.4. The van der Waals surface area contributed by atoms with Crippen LogP contribution in [-0.4, -0.2) is 31.6 Å². The number of benzene rings is 1. The second-order valence-corrected chi connectivity index (χ2v) is 6.16. The summed E-state index contributed by atoms with van der Waals surface area (Å²) in [6, 6.07) is 3.49. The lowest BCUT2D eigenvalue weighted by Crippen LogP contribution is -2.28. The third-order valence-electron chi connectivity index (χ3n) is 3.06. The maximum Gasteiger partial charge on any atom is 0.534 e. The van der Waals surface area contributed by atoms with Crippen molar-refractivity contribution in [2.45, 2.75) is 24.3 Å². The molecule has 0 amide bonds. The van der Waals surface area contributed by atoms with Crippen LogP contribution in [0.1, 0.15) is 24.3 Å². The lowest BCUT2D eigenvalue weighted by Gasteiger charge is -2.10. The Morgan fingerprint density at radius 2 is 2.09 bits per heavy atom. The summed E-state index contributed by atoms with van der Waals surface area (Å²) < 4.78 is 67.7. The lowest BCUT2D eigenvalue weighted by molar-refractivity contribution is -0.137. The minimum Gasteiger partial charge on any atom is -0.493 e. The van der Waals surface area contributed by atoms with E-state index in [1.165, 1.54) is 6.07 Å². The number of fused-ring (bicyclic) bond motifs is 1. The van der Waals surface area contributed by atoms with Crippen molar-refractivity contribution >= 4 is 16.1 Å². The molecule has 1 aliphatic heterocycles. The highest BCUT2D eigenvalue weighted by molar-refractivity contribution is 7.88. The van der Waals surface area contributed by atoms with Gasteiger partial charge in [0.05, 0.1) is 6.61 Å². The van der Waals surface area contributed by atoms with E-state index in [1.807, 2.05) is 0 Å². The molecule has 2 rings (SSSR count). The minimum absolute atomic E-state index is 0.0752. The van der Waals surface area contributed by atoms with Gasteiger partial charge in [-0.2, -0.15) is 21.6 Å². The molecule has 1 atom stereocenters. The van der Waals surface area contributed by atoms with Gasteiger partial charge in [-0.15, -0.1) is 0 Å². The number of carboxylic acid groups (broad SMARTS) is 1. The molecular formula is C12H11F3O6S. The number of carbonyl (C=O) groups is 1. The van der Waals surface area contributed by atoms with Crippen LogP contribution < -0.4 is 8.92 Å². The predicted molar refractivity (Wildman–Crippen MR) is 67.2 cm³/mol. The maximum atomic E-state index is 12.2. The Balaban J connectivity index is 2.16. The summed E-state index contributed by atoms with van der Waals surface area (Å²) in [6.07, 6.45) is 0.234. The summed E-state index contributed by atoms with van der Waals surface area (Å²) >= 11 is 0. The van der Waals surface area contributed by atoms with Crippen LogP contribution >= 0.6 is 0 Å². The Bertz CT molecular complexity index is 683. The van der Waals surface area contributed by atoms with Gasteiger partial charge in [-0.1, -0.05) is 6.07 Å². The van der Waals surface area contributed by atoms with Crippen molar-refractivity contribution in [3.8, 4) is 11.5 Å². The minimum atomic E-state index is -5.74. The molecule has 0 bridgehead atoms. The molecule has 122 valence electrons. The third-order valence-corrected chi connectivity index (χ3v) is 4.04. The highest BCUT2D eigenvalue weighted by Gasteiger charge is 2.48. The zero-order valence-electron chi connectivity index (χ0n) is 11.0. The van der Waals surface area contributed by atoms with E-state index in [0.29, 0.717) is 12.0 Å². The number of hydrogen-bond donors (Lipinski definition) is 1. The van der Waals surface area contributed by atoms with Gasteiger partial charge in [0.1, 0.15) is 11.5 Å². The average Bonchev–Trinajstić information content (AvgIpc) is 2.76. The van der Waals surface area contributed by atoms with Gasteiger partial charge in [0, 0.05) is 24.0 Å². The summed E-state index contributed by atoms with van der Waals surface area (Å²) in [4.78, 5) is 10.5. The molecule has 0 spiro atoms. The molecule has 1 N–H and O–H groups in total. The fourth-order valence-electron chi connectivity index (χ4n) is 2.02. The van der Waals surface area contributed by atoms with E-state index in [4.69, 9.17) is 9.84 Å². The first-order valence-corrected chi connectivity index (χ1v) is 7.50. The summed E-state index contributed by atoms with van der Waals surface area (Å²) in [5.41, 5.74) is -4.91. The Kier molecular flexibility index (Phi) is 4.23. The number of aliphatic carboxylic acids is 1. The average molecular weight is 340 g/mol. The van der Waals surface area contributed by atoms with Crippen molar-refractivity contribution in [1.82, 2.24) is 0 Å². The third kappa shape index (κ3) is 3.43. The molecular weight excluding hydrogens is 329 g/mol. The van der Waals surface area contributed by atoms with Gasteiger partial charge in [-0.25, -0.2) is 0 Å². The van der Waals surface area contributed by atoms with Crippen LogP contribution in [0.3, 0.4) is 0 Å². The second kappa shape index (κ2) is 5.67. The van der Waals surface area contributed by atoms with Gasteiger partial charge in [0.2, 0.25) is 0 Å². The normalized spacial score (nSPS) is 17.7. The highest BCUT2D eigenvalue weighted by Crippen LogP contribution is 2.39. The summed E-state index contributed by atoms with van der Waals surface area (Å²) in [5.74, 6) is -1.51. The molecule has 0 saturated carbocycles. The molecule has 0 aromatic heterocycles. The molecule has 0 radical (unpaired) electrons. The quantitative estimate of drug-likeness (QED) is 0.653. The number of ether oxygens (including phenoxy) is 1. The highest BCUT2D eigenvalue weighted by atomic mass is 32.2. The number of halogens is 3. The molecule has 1 aromatic rings. The van der Waals surface area contributed by atoms with Gasteiger partial charge in [-0.05, 0) is 12.5 Å². The van der Waals surface area contributed by atoms with Crippen molar-refractivity contribution < 1.29 is 40.4 Å². The maximum absolute atomic E-state index is 12.2. The van der Waals surface area contributed by atoms with Crippen LogP contribution in [0.2, 0.25) is 0 Å². The molecule has 1 heterocycles. The van der Waals surface area contributed by atoms with Gasteiger partial charge in [-0.3, -0.25) is 4.79 Å². The molecule has 6 nitrogen and oxygen atoms in total. The van der Waals surface area contributed by atoms with Crippen molar-refractivity contribution in [2.24, 2.45) is 0 Å². The van der Waals surface area contributed by atoms with E-state index in [0.717, 1.165) is 12.1 Å². The van der Waals surface area contributed by atoms with Crippen LogP contribution in [0.15, 0.2) is 18.2 Å². The zero-order valence-corrected chi connectivity index (χ0v) is 11.8. The summed E-state index contributed by atoms with van der Waals surface area (Å²) in [6.45, 7) is 0.179. The number of alkyl halides is 3. The number of carboxylic acids is 1. The summed E-state index contributed by atoms with van der Waals surface area (Å²) in [7, 11) is -5.74. The van der Waals surface area contributed by atoms with Crippen molar-refractivity contribution in [1.29, 1.82) is 0 Å². The van der Waals surface area contributed by atoms with E-state index in [-0.39, 0.29) is 24.7 Å². The molecule has 0 saturated heterocycles. The van der Waals surface area contributed by atoms with Crippen LogP contribution in [0.4, 0.5) is 13.2 Å². The molecule has 0 fully saturated rings. The lowest BCUT2D eigenvalue weighted by atomic mass is 9.96. The van der Waals surface area contributed by atoms with Crippen LogP contribution in [-0.2, 0) is 14.9 Å². The SMILES string of the molecule is O=C(O)CC[C@H]1COc2cc(OS(=O)(=O)C(F)(F)F)ccc21. The number of hydrogen-bond acceptors (Lipinski definition) is 5.